The van der Waals surface area contributed by atoms with Crippen molar-refractivity contribution in [2.45, 2.75) is 6.54 Å². The van der Waals surface area contributed by atoms with Crippen molar-refractivity contribution in [3.8, 4) is 0 Å². The van der Waals surface area contributed by atoms with Crippen molar-refractivity contribution in [2.24, 2.45) is 5.73 Å². The van der Waals surface area contributed by atoms with Crippen LogP contribution in [0.1, 0.15) is 4.88 Å². The average Bonchev–Trinajstić information content (AvgIpc) is 3.05. The van der Waals surface area contributed by atoms with E-state index in [4.69, 9.17) is 10.2 Å². The van der Waals surface area contributed by atoms with Crippen LogP contribution in [-0.2, 0) is 6.54 Å². The van der Waals surface area contributed by atoms with E-state index in [-0.39, 0.29) is 0 Å². The van der Waals surface area contributed by atoms with E-state index >= 15 is 0 Å². The molecule has 0 bridgehead atoms. The smallest absolute Gasteiger partial charge is 0.189 e. The molecule has 0 fully saturated rings. The second-order valence-electron chi connectivity index (χ2n) is 3.88. The number of benzene rings is 1. The fourth-order valence-corrected chi connectivity index (χ4v) is 2.48. The summed E-state index contributed by atoms with van der Waals surface area (Å²) in [5, 5.41) is 0.911. The molecule has 3 aromatic rings. The Hall–Kier alpha value is -1.92. The first-order chi connectivity index (χ1) is 8.78. The van der Waals surface area contributed by atoms with Gasteiger partial charge in [0.15, 0.2) is 17.1 Å². The second kappa shape index (κ2) is 4.40. The third-order valence-corrected chi connectivity index (χ3v) is 3.83. The monoisotopic (exact) mass is 260 g/mol. The third-order valence-electron chi connectivity index (χ3n) is 2.73. The van der Waals surface area contributed by atoms with Crippen LogP contribution < -0.4 is 10.6 Å². The number of oxazole rings is 1. The quantitative estimate of drug-likeness (QED) is 0.783. The molecule has 2 N–H and O–H groups in total. The molecule has 0 amide bonds. The Kier molecular flexibility index (Phi) is 2.73. The van der Waals surface area contributed by atoms with Gasteiger partial charge >= 0.3 is 0 Å². The number of thiazole rings is 1. The predicted octanol–water partition coefficient (Wildman–Crippen LogP) is 2.51. The normalized spacial score (nSPS) is 11.0. The van der Waals surface area contributed by atoms with Gasteiger partial charge in [0, 0.05) is 36.4 Å². The summed E-state index contributed by atoms with van der Waals surface area (Å²) in [4.78, 5) is 11.5. The SMILES string of the molecule is CN(c1ccc2ncoc2c1)c1ncc(CN)s1. The second-order valence-corrected chi connectivity index (χ2v) is 4.97. The molecule has 18 heavy (non-hydrogen) atoms. The molecule has 0 aliphatic rings. The molecule has 0 aliphatic heterocycles. The maximum absolute atomic E-state index is 5.59. The molecular weight excluding hydrogens is 248 g/mol. The van der Waals surface area contributed by atoms with E-state index in [2.05, 4.69) is 9.97 Å². The number of hydrogen-bond donors (Lipinski definition) is 1. The summed E-state index contributed by atoms with van der Waals surface area (Å²) in [5.74, 6) is 0. The minimum atomic E-state index is 0.520. The number of aromatic nitrogens is 2. The summed E-state index contributed by atoms with van der Waals surface area (Å²) in [6, 6.07) is 5.88. The number of nitrogens with zero attached hydrogens (tertiary/aromatic N) is 3. The Morgan fingerprint density at radius 1 is 1.39 bits per heavy atom. The molecule has 0 saturated heterocycles. The first-order valence-electron chi connectivity index (χ1n) is 5.49. The van der Waals surface area contributed by atoms with Crippen molar-refractivity contribution in [1.82, 2.24) is 9.97 Å². The lowest BCUT2D eigenvalue weighted by atomic mass is 10.3. The number of anilines is 2. The van der Waals surface area contributed by atoms with Gasteiger partial charge in [0.25, 0.3) is 0 Å². The van der Waals surface area contributed by atoms with Gasteiger partial charge in [0.1, 0.15) is 5.52 Å². The summed E-state index contributed by atoms with van der Waals surface area (Å²) in [7, 11) is 1.97. The molecule has 2 aromatic heterocycles. The summed E-state index contributed by atoms with van der Waals surface area (Å²) >= 11 is 1.59. The molecule has 3 rings (SSSR count). The molecule has 5 nitrogen and oxygen atoms in total. The highest BCUT2D eigenvalue weighted by molar-refractivity contribution is 7.15. The number of rotatable bonds is 3. The highest BCUT2D eigenvalue weighted by atomic mass is 32.1. The van der Waals surface area contributed by atoms with Crippen molar-refractivity contribution in [3.05, 3.63) is 35.7 Å². The summed E-state index contributed by atoms with van der Waals surface area (Å²) in [6.07, 6.45) is 3.26. The van der Waals surface area contributed by atoms with Crippen molar-refractivity contribution in [3.63, 3.8) is 0 Å². The molecule has 2 heterocycles. The highest BCUT2D eigenvalue weighted by Crippen LogP contribution is 2.29. The van der Waals surface area contributed by atoms with E-state index in [0.717, 1.165) is 26.8 Å². The van der Waals surface area contributed by atoms with Gasteiger partial charge in [0.2, 0.25) is 0 Å². The Balaban J connectivity index is 1.97. The zero-order valence-corrected chi connectivity index (χ0v) is 10.6. The summed E-state index contributed by atoms with van der Waals surface area (Å²) < 4.78 is 5.30. The lowest BCUT2D eigenvalue weighted by molar-refractivity contribution is 0.602. The molecule has 92 valence electrons. The van der Waals surface area contributed by atoms with Crippen LogP contribution in [0.5, 0.6) is 0 Å². The number of hydrogen-bond acceptors (Lipinski definition) is 6. The van der Waals surface area contributed by atoms with Crippen molar-refractivity contribution < 1.29 is 4.42 Å². The molecule has 0 aliphatic carbocycles. The maximum atomic E-state index is 5.59. The topological polar surface area (TPSA) is 68.2 Å². The zero-order valence-electron chi connectivity index (χ0n) is 9.83. The zero-order chi connectivity index (χ0) is 12.5. The Morgan fingerprint density at radius 2 is 2.28 bits per heavy atom. The largest absolute Gasteiger partial charge is 0.443 e. The summed E-state index contributed by atoms with van der Waals surface area (Å²) in [6.45, 7) is 0.520. The molecule has 0 saturated carbocycles. The van der Waals surface area contributed by atoms with Crippen LogP contribution in [-0.4, -0.2) is 17.0 Å². The van der Waals surface area contributed by atoms with E-state index in [1.807, 2.05) is 36.3 Å². The Bertz CT molecular complexity index is 675. The fourth-order valence-electron chi connectivity index (χ4n) is 1.71. The molecular formula is C12H12N4OS. The van der Waals surface area contributed by atoms with Gasteiger partial charge in [-0.2, -0.15) is 0 Å². The third kappa shape index (κ3) is 1.85. The highest BCUT2D eigenvalue weighted by Gasteiger charge is 2.10. The molecule has 0 radical (unpaired) electrons. The van der Waals surface area contributed by atoms with Crippen LogP contribution in [0.3, 0.4) is 0 Å². The van der Waals surface area contributed by atoms with Gasteiger partial charge in [-0.15, -0.1) is 11.3 Å². The van der Waals surface area contributed by atoms with Crippen LogP contribution in [0.2, 0.25) is 0 Å². The van der Waals surface area contributed by atoms with E-state index in [0.29, 0.717) is 6.54 Å². The van der Waals surface area contributed by atoms with Crippen LogP contribution in [0, 0.1) is 0 Å². The lowest BCUT2D eigenvalue weighted by Crippen LogP contribution is -2.08. The van der Waals surface area contributed by atoms with Gasteiger partial charge in [-0.25, -0.2) is 9.97 Å². The Morgan fingerprint density at radius 3 is 3.06 bits per heavy atom. The molecule has 0 spiro atoms. The predicted molar refractivity (Wildman–Crippen MR) is 72.1 cm³/mol. The van der Waals surface area contributed by atoms with E-state index in [1.54, 1.807) is 11.3 Å². The molecule has 0 atom stereocenters. The van der Waals surface area contributed by atoms with E-state index in [9.17, 15) is 0 Å². The van der Waals surface area contributed by atoms with Crippen molar-refractivity contribution in [2.75, 3.05) is 11.9 Å². The fraction of sp³-hybridized carbons (Fsp3) is 0.167. The molecule has 0 unspecified atom stereocenters. The standard InChI is InChI=1S/C12H12N4OS/c1-16(12-14-6-9(5-13)18-12)8-2-3-10-11(4-8)17-7-15-10/h2-4,6-7H,5,13H2,1H3. The first-order valence-corrected chi connectivity index (χ1v) is 6.31. The van der Waals surface area contributed by atoms with Gasteiger partial charge in [0.05, 0.1) is 0 Å². The van der Waals surface area contributed by atoms with Gasteiger partial charge in [-0.05, 0) is 12.1 Å². The van der Waals surface area contributed by atoms with E-state index < -0.39 is 0 Å². The maximum Gasteiger partial charge on any atom is 0.189 e. The Labute approximate surface area is 108 Å². The van der Waals surface area contributed by atoms with Crippen molar-refractivity contribution >= 4 is 33.3 Å². The van der Waals surface area contributed by atoms with Crippen LogP contribution in [0.15, 0.2) is 35.2 Å². The molecule has 1 aromatic carbocycles. The van der Waals surface area contributed by atoms with Crippen LogP contribution >= 0.6 is 11.3 Å². The van der Waals surface area contributed by atoms with Gasteiger partial charge < -0.3 is 15.1 Å². The van der Waals surface area contributed by atoms with Crippen LogP contribution in [0.4, 0.5) is 10.8 Å². The van der Waals surface area contributed by atoms with Crippen molar-refractivity contribution in [1.29, 1.82) is 0 Å². The van der Waals surface area contributed by atoms with Crippen LogP contribution in [0.25, 0.3) is 11.1 Å². The van der Waals surface area contributed by atoms with Gasteiger partial charge in [-0.3, -0.25) is 0 Å². The lowest BCUT2D eigenvalue weighted by Gasteiger charge is -2.15. The number of fused-ring (bicyclic) bond motifs is 1. The van der Waals surface area contributed by atoms with E-state index in [1.165, 1.54) is 6.39 Å². The summed E-state index contributed by atoms with van der Waals surface area (Å²) in [5.41, 5.74) is 8.23. The minimum absolute atomic E-state index is 0.520. The first kappa shape index (κ1) is 11.2. The number of nitrogens with two attached hydrogens (primary N) is 1. The molecule has 6 heteroatoms. The minimum Gasteiger partial charge on any atom is -0.443 e. The average molecular weight is 260 g/mol. The van der Waals surface area contributed by atoms with Gasteiger partial charge in [-0.1, -0.05) is 0 Å².